The zero-order chi connectivity index (χ0) is 22.8. The van der Waals surface area contributed by atoms with E-state index in [0.29, 0.717) is 18.7 Å². The van der Waals surface area contributed by atoms with E-state index in [1.165, 1.54) is 12.1 Å². The number of anilines is 2. The number of hydrogen-bond donors (Lipinski definition) is 2. The van der Waals surface area contributed by atoms with Crippen molar-refractivity contribution in [2.75, 3.05) is 30.3 Å². The maximum atomic E-state index is 13.4. The van der Waals surface area contributed by atoms with Crippen molar-refractivity contribution in [3.8, 4) is 0 Å². The normalized spacial score (nSPS) is 18.8. The number of carbonyl (C=O) groups is 1. The summed E-state index contributed by atoms with van der Waals surface area (Å²) < 4.78 is 19.9. The van der Waals surface area contributed by atoms with Crippen LogP contribution in [0, 0.1) is 5.82 Å². The number of nitrogens with zero attached hydrogens (tertiary/aromatic N) is 2. The van der Waals surface area contributed by atoms with E-state index in [0.717, 1.165) is 48.4 Å². The predicted molar refractivity (Wildman–Crippen MR) is 125 cm³/mol. The van der Waals surface area contributed by atoms with Crippen molar-refractivity contribution >= 4 is 17.4 Å². The van der Waals surface area contributed by atoms with Gasteiger partial charge < -0.3 is 20.7 Å². The molecule has 3 heterocycles. The molecule has 5 rings (SSSR count). The van der Waals surface area contributed by atoms with Crippen LogP contribution in [0.15, 0.2) is 66.9 Å². The van der Waals surface area contributed by atoms with Crippen LogP contribution in [0.3, 0.4) is 0 Å². The summed E-state index contributed by atoms with van der Waals surface area (Å²) in [5.74, 6) is 0.437. The summed E-state index contributed by atoms with van der Waals surface area (Å²) in [6.07, 6.45) is 3.15. The first-order chi connectivity index (χ1) is 16.0. The predicted octanol–water partition coefficient (Wildman–Crippen LogP) is 3.73. The van der Waals surface area contributed by atoms with Crippen LogP contribution >= 0.6 is 0 Å². The van der Waals surface area contributed by atoms with Crippen molar-refractivity contribution in [3.63, 3.8) is 0 Å². The Balaban J connectivity index is 1.27. The van der Waals surface area contributed by atoms with Crippen molar-refractivity contribution in [3.05, 3.63) is 89.4 Å². The number of piperidine rings is 1. The first-order valence-electron chi connectivity index (χ1n) is 11.3. The van der Waals surface area contributed by atoms with E-state index in [4.69, 9.17) is 10.5 Å². The van der Waals surface area contributed by atoms with E-state index in [2.05, 4.69) is 21.3 Å². The van der Waals surface area contributed by atoms with Crippen LogP contribution in [0.5, 0.6) is 0 Å². The number of amides is 1. The van der Waals surface area contributed by atoms with Crippen LogP contribution < -0.4 is 16.0 Å². The summed E-state index contributed by atoms with van der Waals surface area (Å²) in [7, 11) is 0. The van der Waals surface area contributed by atoms with Crippen molar-refractivity contribution in [1.82, 2.24) is 10.3 Å². The minimum Gasteiger partial charge on any atom is -0.399 e. The lowest BCUT2D eigenvalue weighted by molar-refractivity contribution is -0.146. The topological polar surface area (TPSA) is 80.5 Å². The summed E-state index contributed by atoms with van der Waals surface area (Å²) in [5, 5.41) is 2.98. The average Bonchev–Trinajstić information content (AvgIpc) is 3.14. The third-order valence-corrected chi connectivity index (χ3v) is 6.58. The number of pyridine rings is 1. The minimum absolute atomic E-state index is 0.157. The number of carbonyl (C=O) groups excluding carboxylic acids is 1. The molecule has 3 N–H and O–H groups in total. The lowest BCUT2D eigenvalue weighted by Gasteiger charge is -2.40. The van der Waals surface area contributed by atoms with Crippen LogP contribution in [-0.4, -0.2) is 30.5 Å². The molecule has 170 valence electrons. The Hall–Kier alpha value is -3.45. The van der Waals surface area contributed by atoms with E-state index < -0.39 is 11.7 Å². The number of aromatic nitrogens is 1. The SMILES string of the molecule is Nc1ccnc(N2CCC3(CC2)OC(C(=O)NCCc2cccc(F)c2)c2ccccc23)c1. The third kappa shape index (κ3) is 4.28. The number of rotatable bonds is 5. The smallest absolute Gasteiger partial charge is 0.253 e. The zero-order valence-electron chi connectivity index (χ0n) is 18.3. The molecule has 0 radical (unpaired) electrons. The Kier molecular flexibility index (Phi) is 5.72. The molecule has 33 heavy (non-hydrogen) atoms. The first-order valence-corrected chi connectivity index (χ1v) is 11.3. The highest BCUT2D eigenvalue weighted by Crippen LogP contribution is 2.49. The Morgan fingerprint density at radius 1 is 1.15 bits per heavy atom. The molecule has 1 saturated heterocycles. The Morgan fingerprint density at radius 2 is 1.97 bits per heavy atom. The summed E-state index contributed by atoms with van der Waals surface area (Å²) in [6, 6.07) is 18.1. The monoisotopic (exact) mass is 446 g/mol. The molecule has 0 saturated carbocycles. The molecule has 1 fully saturated rings. The van der Waals surface area contributed by atoms with Gasteiger partial charge in [-0.15, -0.1) is 0 Å². The van der Waals surface area contributed by atoms with Gasteiger partial charge in [-0.2, -0.15) is 0 Å². The summed E-state index contributed by atoms with van der Waals surface area (Å²) in [4.78, 5) is 19.7. The molecule has 0 bridgehead atoms. The van der Waals surface area contributed by atoms with Crippen molar-refractivity contribution < 1.29 is 13.9 Å². The van der Waals surface area contributed by atoms with Gasteiger partial charge in [0.05, 0.1) is 5.60 Å². The molecular weight excluding hydrogens is 419 g/mol. The van der Waals surface area contributed by atoms with E-state index in [9.17, 15) is 9.18 Å². The molecular formula is C26H27FN4O2. The third-order valence-electron chi connectivity index (χ3n) is 6.58. The van der Waals surface area contributed by atoms with Crippen molar-refractivity contribution in [2.24, 2.45) is 0 Å². The molecule has 1 aromatic heterocycles. The van der Waals surface area contributed by atoms with Crippen LogP contribution in [-0.2, 0) is 21.6 Å². The number of nitrogens with two attached hydrogens (primary N) is 1. The molecule has 2 aliphatic heterocycles. The molecule has 2 aromatic carbocycles. The molecule has 2 aliphatic rings. The molecule has 6 nitrogen and oxygen atoms in total. The van der Waals surface area contributed by atoms with Gasteiger partial charge in [-0.25, -0.2) is 9.37 Å². The number of hydrogen-bond acceptors (Lipinski definition) is 5. The molecule has 1 atom stereocenters. The highest BCUT2D eigenvalue weighted by Gasteiger charge is 2.48. The van der Waals surface area contributed by atoms with Crippen LogP contribution in [0.1, 0.15) is 35.6 Å². The van der Waals surface area contributed by atoms with E-state index in [1.807, 2.05) is 30.3 Å². The lowest BCUT2D eigenvalue weighted by Crippen LogP contribution is -2.43. The van der Waals surface area contributed by atoms with Crippen molar-refractivity contribution in [1.29, 1.82) is 0 Å². The van der Waals surface area contributed by atoms with Gasteiger partial charge in [0.1, 0.15) is 11.6 Å². The number of nitrogen functional groups attached to an aromatic ring is 1. The Bertz CT molecular complexity index is 1160. The van der Waals surface area contributed by atoms with Crippen LogP contribution in [0.4, 0.5) is 15.9 Å². The van der Waals surface area contributed by atoms with E-state index in [1.54, 1.807) is 18.3 Å². The lowest BCUT2D eigenvalue weighted by atomic mass is 9.83. The number of halogens is 1. The van der Waals surface area contributed by atoms with Gasteiger partial charge in [-0.1, -0.05) is 36.4 Å². The second-order valence-electron chi connectivity index (χ2n) is 8.68. The molecule has 1 spiro atoms. The fraction of sp³-hybridized carbons (Fsp3) is 0.308. The summed E-state index contributed by atoms with van der Waals surface area (Å²) in [6.45, 7) is 1.95. The molecule has 1 amide bonds. The molecule has 1 unspecified atom stereocenters. The minimum atomic E-state index is -0.647. The second kappa shape index (κ2) is 8.83. The molecule has 3 aromatic rings. The maximum absolute atomic E-state index is 13.4. The molecule has 7 heteroatoms. The van der Waals surface area contributed by atoms with E-state index in [-0.39, 0.29) is 11.7 Å². The Morgan fingerprint density at radius 3 is 2.76 bits per heavy atom. The largest absolute Gasteiger partial charge is 0.399 e. The first kappa shape index (κ1) is 21.4. The second-order valence-corrected chi connectivity index (χ2v) is 8.68. The summed E-state index contributed by atoms with van der Waals surface area (Å²) >= 11 is 0. The van der Waals surface area contributed by atoms with Gasteiger partial charge in [-0.3, -0.25) is 4.79 Å². The summed E-state index contributed by atoms with van der Waals surface area (Å²) in [5.41, 5.74) is 9.00. The molecule has 0 aliphatic carbocycles. The highest BCUT2D eigenvalue weighted by molar-refractivity contribution is 5.83. The number of ether oxygens (including phenoxy) is 1. The van der Waals surface area contributed by atoms with Crippen LogP contribution in [0.2, 0.25) is 0 Å². The van der Waals surface area contributed by atoms with Gasteiger partial charge in [0, 0.05) is 37.6 Å². The number of nitrogens with one attached hydrogen (secondary N) is 1. The standard InChI is InChI=1S/C26H27FN4O2/c27-19-5-3-4-18(16-19)8-12-30-25(32)24-21-6-1-2-7-22(21)26(33-24)10-14-31(15-11-26)23-17-20(28)9-13-29-23/h1-7,9,13,16-17,24H,8,10-12,14-15H2,(H2,28,29)(H,30,32). The van der Waals surface area contributed by atoms with Crippen LogP contribution in [0.25, 0.3) is 0 Å². The highest BCUT2D eigenvalue weighted by atomic mass is 19.1. The van der Waals surface area contributed by atoms with Gasteiger partial charge in [0.15, 0.2) is 6.10 Å². The number of benzene rings is 2. The van der Waals surface area contributed by atoms with Gasteiger partial charge >= 0.3 is 0 Å². The fourth-order valence-electron chi connectivity index (χ4n) is 4.89. The van der Waals surface area contributed by atoms with Crippen molar-refractivity contribution in [2.45, 2.75) is 31.0 Å². The Labute approximate surface area is 192 Å². The van der Waals surface area contributed by atoms with E-state index >= 15 is 0 Å². The van der Waals surface area contributed by atoms with Gasteiger partial charge in [-0.05, 0) is 54.2 Å². The fourth-order valence-corrected chi connectivity index (χ4v) is 4.89. The quantitative estimate of drug-likeness (QED) is 0.624. The zero-order valence-corrected chi connectivity index (χ0v) is 18.3. The maximum Gasteiger partial charge on any atom is 0.253 e. The van der Waals surface area contributed by atoms with Gasteiger partial charge in [0.25, 0.3) is 5.91 Å². The van der Waals surface area contributed by atoms with Gasteiger partial charge in [0.2, 0.25) is 0 Å². The average molecular weight is 447 g/mol. The number of fused-ring (bicyclic) bond motifs is 2.